The Hall–Kier alpha value is -2.32. The molecule has 3 N–H and O–H groups in total. The van der Waals surface area contributed by atoms with Crippen molar-refractivity contribution in [3.05, 3.63) is 29.8 Å². The monoisotopic (exact) mass is 347 g/mol. The maximum Gasteiger partial charge on any atom is 0.277 e. The lowest BCUT2D eigenvalue weighted by Crippen LogP contribution is -2.51. The van der Waals surface area contributed by atoms with Gasteiger partial charge in [-0.1, -0.05) is 12.2 Å². The molecule has 0 atom stereocenters. The molecule has 0 bridgehead atoms. The Kier molecular flexibility index (Phi) is 5.99. The lowest BCUT2D eigenvalue weighted by atomic mass is 10.1. The maximum absolute atomic E-state index is 12.5. The lowest BCUT2D eigenvalue weighted by Gasteiger charge is -2.32. The van der Waals surface area contributed by atoms with Gasteiger partial charge in [0.25, 0.3) is 5.91 Å². The van der Waals surface area contributed by atoms with E-state index < -0.39 is 0 Å². The summed E-state index contributed by atoms with van der Waals surface area (Å²) >= 11 is 4.96. The van der Waals surface area contributed by atoms with E-state index in [1.807, 2.05) is 7.05 Å². The van der Waals surface area contributed by atoms with E-state index in [0.717, 1.165) is 13.1 Å². The molecule has 1 aromatic rings. The predicted molar refractivity (Wildman–Crippen MR) is 98.4 cm³/mol. The molecule has 8 heteroatoms. The summed E-state index contributed by atoms with van der Waals surface area (Å²) in [6.45, 7) is 4.33. The number of hydrogen-bond acceptors (Lipinski definition) is 6. The fourth-order valence-corrected chi connectivity index (χ4v) is 2.40. The van der Waals surface area contributed by atoms with Gasteiger partial charge in [-0.3, -0.25) is 15.0 Å². The van der Waals surface area contributed by atoms with Gasteiger partial charge in [0, 0.05) is 31.7 Å². The summed E-state index contributed by atoms with van der Waals surface area (Å²) in [5.74, 6) is -0.289. The van der Waals surface area contributed by atoms with Gasteiger partial charge in [-0.15, -0.1) is 0 Å². The highest BCUT2D eigenvalue weighted by atomic mass is 32.1. The van der Waals surface area contributed by atoms with E-state index in [-0.39, 0.29) is 22.4 Å². The van der Waals surface area contributed by atoms with Crippen LogP contribution in [0.4, 0.5) is 5.69 Å². The van der Waals surface area contributed by atoms with Gasteiger partial charge < -0.3 is 15.5 Å². The molecule has 2 rings (SSSR count). The van der Waals surface area contributed by atoms with Gasteiger partial charge in [-0.05, 0) is 38.2 Å². The normalized spacial score (nSPS) is 15.9. The molecule has 0 saturated carbocycles. The highest BCUT2D eigenvalue weighted by Crippen LogP contribution is 2.10. The van der Waals surface area contributed by atoms with Crippen molar-refractivity contribution in [3.63, 3.8) is 0 Å². The van der Waals surface area contributed by atoms with Gasteiger partial charge >= 0.3 is 0 Å². The predicted octanol–water partition coefficient (Wildman–Crippen LogP) is 0.717. The number of Topliss-reactive ketones (excluding diaryl/α,β-unsaturated/α-hetero) is 1. The third kappa shape index (κ3) is 4.59. The Bertz CT molecular complexity index is 664. The quantitative estimate of drug-likeness (QED) is 0.353. The van der Waals surface area contributed by atoms with Crippen LogP contribution in [0.15, 0.2) is 29.4 Å². The highest BCUT2D eigenvalue weighted by molar-refractivity contribution is 7.82. The molecule has 1 aromatic carbocycles. The van der Waals surface area contributed by atoms with Gasteiger partial charge in [-0.25, -0.2) is 0 Å². The van der Waals surface area contributed by atoms with Gasteiger partial charge in [0.1, 0.15) is 4.99 Å². The van der Waals surface area contributed by atoms with Crippen LogP contribution in [0.25, 0.3) is 0 Å². The molecule has 1 fully saturated rings. The summed E-state index contributed by atoms with van der Waals surface area (Å²) in [6.07, 6.45) is 0. The van der Waals surface area contributed by atoms with E-state index in [0.29, 0.717) is 24.3 Å². The zero-order valence-corrected chi connectivity index (χ0v) is 14.6. The number of benzene rings is 1. The van der Waals surface area contributed by atoms with Crippen LogP contribution in [-0.2, 0) is 4.79 Å². The summed E-state index contributed by atoms with van der Waals surface area (Å²) in [7, 11) is 2.01. The fraction of sp³-hybridized carbons (Fsp3) is 0.375. The molecule has 0 unspecified atom stereocenters. The molecule has 1 heterocycles. The number of likely N-dealkylation sites (N-methyl/N-ethyl adjacent to an activating group) is 1. The van der Waals surface area contributed by atoms with Crippen LogP contribution in [0.1, 0.15) is 17.3 Å². The Morgan fingerprint density at radius 1 is 1.17 bits per heavy atom. The summed E-state index contributed by atoms with van der Waals surface area (Å²) in [5, 5.41) is 4.07. The summed E-state index contributed by atoms with van der Waals surface area (Å²) in [4.78, 5) is 27.6. The number of amides is 1. The number of piperazine rings is 1. The van der Waals surface area contributed by atoms with E-state index in [2.05, 4.69) is 15.4 Å². The maximum atomic E-state index is 12.5. The fourth-order valence-electron chi connectivity index (χ4n) is 2.27. The smallest absolute Gasteiger partial charge is 0.277 e. The minimum absolute atomic E-state index is 0.0147. The first-order valence-corrected chi connectivity index (χ1v) is 8.01. The van der Waals surface area contributed by atoms with Gasteiger partial charge in [0.2, 0.25) is 0 Å². The van der Waals surface area contributed by atoms with E-state index >= 15 is 0 Å². The SMILES string of the molecule is CC(=O)c1ccc(N/N=C(\C(=O)N2CCN(C)CC2)C(N)=S)cc1. The number of thiocarbonyl (C=S) groups is 1. The third-order valence-electron chi connectivity index (χ3n) is 3.81. The second-order valence-electron chi connectivity index (χ2n) is 5.67. The van der Waals surface area contributed by atoms with Crippen LogP contribution in [0.5, 0.6) is 0 Å². The third-order valence-corrected chi connectivity index (χ3v) is 4.01. The standard InChI is InChI=1S/C16H21N5O2S/c1-11(22)12-3-5-13(6-4-12)18-19-14(15(17)24)16(23)21-9-7-20(2)8-10-21/h3-6,18H,7-10H2,1-2H3,(H2,17,24)/b19-14-. The Balaban J connectivity index is 2.09. The number of nitrogens with one attached hydrogen (secondary N) is 1. The van der Waals surface area contributed by atoms with Crippen molar-refractivity contribution < 1.29 is 9.59 Å². The van der Waals surface area contributed by atoms with Crippen molar-refractivity contribution >= 4 is 40.3 Å². The average molecular weight is 347 g/mol. The number of nitrogens with zero attached hydrogens (tertiary/aromatic N) is 3. The van der Waals surface area contributed by atoms with E-state index in [1.54, 1.807) is 29.2 Å². The number of hydrogen-bond donors (Lipinski definition) is 2. The molecule has 0 aromatic heterocycles. The van der Waals surface area contributed by atoms with Crippen molar-refractivity contribution in [2.24, 2.45) is 10.8 Å². The summed E-state index contributed by atoms with van der Waals surface area (Å²) in [6, 6.07) is 6.78. The number of carbonyl (C=O) groups is 2. The van der Waals surface area contributed by atoms with E-state index in [1.165, 1.54) is 6.92 Å². The van der Waals surface area contributed by atoms with Crippen LogP contribution in [0.3, 0.4) is 0 Å². The molecular weight excluding hydrogens is 326 g/mol. The molecule has 1 saturated heterocycles. The minimum Gasteiger partial charge on any atom is -0.388 e. The second-order valence-corrected chi connectivity index (χ2v) is 6.11. The molecule has 1 aliphatic heterocycles. The van der Waals surface area contributed by atoms with Crippen LogP contribution < -0.4 is 11.2 Å². The molecule has 24 heavy (non-hydrogen) atoms. The number of nitrogens with two attached hydrogens (primary N) is 1. The van der Waals surface area contributed by atoms with E-state index in [4.69, 9.17) is 18.0 Å². The van der Waals surface area contributed by atoms with Crippen LogP contribution in [0, 0.1) is 0 Å². The van der Waals surface area contributed by atoms with Crippen molar-refractivity contribution in [2.45, 2.75) is 6.92 Å². The highest BCUT2D eigenvalue weighted by Gasteiger charge is 2.25. The van der Waals surface area contributed by atoms with Gasteiger partial charge in [-0.2, -0.15) is 5.10 Å². The van der Waals surface area contributed by atoms with Crippen molar-refractivity contribution in [2.75, 3.05) is 38.7 Å². The molecule has 1 aliphatic rings. The number of carbonyl (C=O) groups excluding carboxylic acids is 2. The van der Waals surface area contributed by atoms with Crippen LogP contribution in [-0.4, -0.2) is 65.4 Å². The average Bonchev–Trinajstić information content (AvgIpc) is 2.55. The van der Waals surface area contributed by atoms with Crippen molar-refractivity contribution in [1.82, 2.24) is 9.80 Å². The zero-order chi connectivity index (χ0) is 17.7. The number of anilines is 1. The number of ketones is 1. The molecule has 0 radical (unpaired) electrons. The van der Waals surface area contributed by atoms with Crippen LogP contribution in [0.2, 0.25) is 0 Å². The molecule has 0 aliphatic carbocycles. The summed E-state index contributed by atoms with van der Waals surface area (Å²) in [5.41, 5.74) is 9.71. The Labute approximate surface area is 146 Å². The molecule has 7 nitrogen and oxygen atoms in total. The topological polar surface area (TPSA) is 91.0 Å². The first-order valence-electron chi connectivity index (χ1n) is 7.61. The van der Waals surface area contributed by atoms with Gasteiger partial charge in [0.15, 0.2) is 11.5 Å². The molecule has 1 amide bonds. The van der Waals surface area contributed by atoms with Gasteiger partial charge in [0.05, 0.1) is 5.69 Å². The lowest BCUT2D eigenvalue weighted by molar-refractivity contribution is -0.125. The van der Waals surface area contributed by atoms with Crippen LogP contribution >= 0.6 is 12.2 Å². The first kappa shape index (κ1) is 18.0. The number of hydrazone groups is 1. The number of rotatable bonds is 5. The summed E-state index contributed by atoms with van der Waals surface area (Å²) < 4.78 is 0. The van der Waals surface area contributed by atoms with Crippen molar-refractivity contribution in [3.8, 4) is 0 Å². The zero-order valence-electron chi connectivity index (χ0n) is 13.8. The van der Waals surface area contributed by atoms with E-state index in [9.17, 15) is 9.59 Å². The molecular formula is C16H21N5O2S. The molecule has 0 spiro atoms. The minimum atomic E-state index is -0.275. The Morgan fingerprint density at radius 3 is 2.25 bits per heavy atom. The second kappa shape index (κ2) is 7.98. The largest absolute Gasteiger partial charge is 0.388 e. The Morgan fingerprint density at radius 2 is 1.75 bits per heavy atom. The molecule has 128 valence electrons. The first-order chi connectivity index (χ1) is 11.4. The van der Waals surface area contributed by atoms with Crippen molar-refractivity contribution in [1.29, 1.82) is 0 Å².